The van der Waals surface area contributed by atoms with Gasteiger partial charge in [0, 0.05) is 5.56 Å². The summed E-state index contributed by atoms with van der Waals surface area (Å²) in [6, 6.07) is 17.6. The minimum absolute atomic E-state index is 0.0543. The van der Waals surface area contributed by atoms with E-state index in [9.17, 15) is 28.7 Å². The smallest absolute Gasteiger partial charge is 0.271 e. The van der Waals surface area contributed by atoms with Crippen LogP contribution in [0.5, 0.6) is 5.75 Å². The Balaban J connectivity index is 1.67. The van der Waals surface area contributed by atoms with Crippen LogP contribution in [-0.4, -0.2) is 35.3 Å². The second-order valence-corrected chi connectivity index (χ2v) is 11.3. The minimum atomic E-state index is -3.43. The van der Waals surface area contributed by atoms with Gasteiger partial charge in [0.1, 0.15) is 5.75 Å². The molecule has 3 aromatic carbocycles. The molecule has 1 atom stereocenters. The number of thiazole rings is 1. The number of nitrogens with zero attached hydrogens (tertiary/aromatic N) is 2. The van der Waals surface area contributed by atoms with Crippen molar-refractivity contribution in [3.05, 3.63) is 82.9 Å². The molecule has 3 N–H and O–H groups in total. The van der Waals surface area contributed by atoms with E-state index in [1.165, 1.54) is 41.7 Å². The molecule has 1 unspecified atom stereocenters. The van der Waals surface area contributed by atoms with Crippen LogP contribution in [0.3, 0.4) is 0 Å². The molecule has 0 saturated carbocycles. The van der Waals surface area contributed by atoms with E-state index in [-0.39, 0.29) is 34.7 Å². The molecule has 0 aliphatic carbocycles. The summed E-state index contributed by atoms with van der Waals surface area (Å²) in [6.07, 6.45) is -1.18. The summed E-state index contributed by atoms with van der Waals surface area (Å²) < 4.78 is 31.1. The summed E-state index contributed by atoms with van der Waals surface area (Å²) in [5.41, 5.74) is 2.42. The number of carbonyl (C=O) groups excluding carboxylic acids is 1. The number of sulfone groups is 1. The van der Waals surface area contributed by atoms with E-state index >= 15 is 0 Å². The zero-order valence-corrected chi connectivity index (χ0v) is 21.3. The van der Waals surface area contributed by atoms with E-state index in [1.54, 1.807) is 37.3 Å². The molecule has 0 fully saturated rings. The number of nitrogens with one attached hydrogen (secondary N) is 1. The van der Waals surface area contributed by atoms with Crippen LogP contribution in [0.4, 0.5) is 5.13 Å². The Morgan fingerprint density at radius 3 is 2.46 bits per heavy atom. The Labute approximate surface area is 217 Å². The number of anilines is 1. The Kier molecular flexibility index (Phi) is 7.85. The van der Waals surface area contributed by atoms with Gasteiger partial charge in [0.2, 0.25) is 6.10 Å². The molecule has 0 aliphatic rings. The van der Waals surface area contributed by atoms with E-state index in [0.29, 0.717) is 32.5 Å². The molecule has 0 radical (unpaired) electrons. The molecule has 0 spiro atoms. The molecule has 37 heavy (non-hydrogen) atoms. The first kappa shape index (κ1) is 26.2. The van der Waals surface area contributed by atoms with Gasteiger partial charge in [-0.25, -0.2) is 13.4 Å². The number of ether oxygens (including phenoxy) is 1. The van der Waals surface area contributed by atoms with Crippen LogP contribution in [0.1, 0.15) is 35.3 Å². The maximum absolute atomic E-state index is 13.4. The number of fused-ring (bicyclic) bond motifs is 1. The van der Waals surface area contributed by atoms with Gasteiger partial charge < -0.3 is 14.9 Å². The van der Waals surface area contributed by atoms with Gasteiger partial charge in [-0.1, -0.05) is 36.5 Å². The molecule has 9 nitrogen and oxygen atoms in total. The van der Waals surface area contributed by atoms with Crippen molar-refractivity contribution in [3.63, 3.8) is 0 Å². The van der Waals surface area contributed by atoms with Gasteiger partial charge in [-0.15, -0.1) is 0 Å². The van der Waals surface area contributed by atoms with E-state index < -0.39 is 21.8 Å². The number of rotatable bonds is 9. The summed E-state index contributed by atoms with van der Waals surface area (Å²) in [5.74, 6) is -0.326. The first-order chi connectivity index (χ1) is 17.8. The number of aromatic nitrogens is 1. The molecule has 0 aliphatic heterocycles. The average Bonchev–Trinajstić information content (AvgIpc) is 3.31. The van der Waals surface area contributed by atoms with Gasteiger partial charge in [-0.3, -0.25) is 10.1 Å². The molecule has 4 rings (SSSR count). The van der Waals surface area contributed by atoms with Crippen LogP contribution in [-0.2, 0) is 27.8 Å². The fraction of sp³-hybridized carbons (Fsp3) is 0.192. The summed E-state index contributed by atoms with van der Waals surface area (Å²) in [5, 5.41) is 31.3. The van der Waals surface area contributed by atoms with Gasteiger partial charge in [0.15, 0.2) is 15.0 Å². The monoisotopic (exact) mass is 537 g/mol. The second-order valence-electron chi connectivity index (χ2n) is 8.02. The van der Waals surface area contributed by atoms with Crippen molar-refractivity contribution < 1.29 is 28.2 Å². The second kappa shape index (κ2) is 11.1. The van der Waals surface area contributed by atoms with Crippen molar-refractivity contribution in [2.24, 2.45) is 0 Å². The summed E-state index contributed by atoms with van der Waals surface area (Å²) in [4.78, 5) is 18.0. The molecule has 1 aromatic heterocycles. The Hall–Kier alpha value is -3.82. The highest BCUT2D eigenvalue weighted by Gasteiger charge is 2.25. The zero-order chi connectivity index (χ0) is 26.6. The summed E-state index contributed by atoms with van der Waals surface area (Å²) in [6.45, 7) is 1.05. The number of hydrogen-bond donors (Lipinski definition) is 3. The Morgan fingerprint density at radius 1 is 1.11 bits per heavy atom. The lowest BCUT2D eigenvalue weighted by Gasteiger charge is -2.19. The van der Waals surface area contributed by atoms with Crippen molar-refractivity contribution in [1.29, 1.82) is 5.26 Å². The summed E-state index contributed by atoms with van der Waals surface area (Å²) in [7, 11) is -3.43. The topological polar surface area (TPSA) is 150 Å². The average molecular weight is 538 g/mol. The maximum atomic E-state index is 13.4. The van der Waals surface area contributed by atoms with E-state index in [0.717, 1.165) is 0 Å². The van der Waals surface area contributed by atoms with Crippen molar-refractivity contribution in [2.75, 3.05) is 11.1 Å². The van der Waals surface area contributed by atoms with Crippen LogP contribution in [0.25, 0.3) is 10.2 Å². The van der Waals surface area contributed by atoms with E-state index in [2.05, 4.69) is 10.3 Å². The number of nitriles is 1. The van der Waals surface area contributed by atoms with Crippen molar-refractivity contribution in [2.45, 2.75) is 31.1 Å². The number of benzene rings is 3. The van der Waals surface area contributed by atoms with Gasteiger partial charge in [-0.2, -0.15) is 5.26 Å². The zero-order valence-electron chi connectivity index (χ0n) is 19.7. The lowest BCUT2D eigenvalue weighted by Crippen LogP contribution is -2.25. The SMILES string of the molecule is CCS(=O)(=O)c1ccc(C(Oc2cccc(C#N)c2)C(=O)Nc2nc3cc(CO)c(CO)cc3s2)cc1. The third-order valence-corrected chi connectivity index (χ3v) is 8.34. The predicted octanol–water partition coefficient (Wildman–Crippen LogP) is 3.70. The quantitative estimate of drug-likeness (QED) is 0.293. The van der Waals surface area contributed by atoms with Gasteiger partial charge in [-0.05, 0) is 53.6 Å². The first-order valence-corrected chi connectivity index (χ1v) is 13.7. The lowest BCUT2D eigenvalue weighted by molar-refractivity contribution is -0.123. The van der Waals surface area contributed by atoms with Crippen LogP contribution in [0.2, 0.25) is 0 Å². The lowest BCUT2D eigenvalue weighted by atomic mass is 10.1. The number of carbonyl (C=O) groups is 1. The number of amides is 1. The maximum Gasteiger partial charge on any atom is 0.271 e. The molecule has 1 heterocycles. The fourth-order valence-electron chi connectivity index (χ4n) is 3.64. The van der Waals surface area contributed by atoms with E-state index in [1.807, 2.05) is 6.07 Å². The van der Waals surface area contributed by atoms with Crippen LogP contribution in [0, 0.1) is 11.3 Å². The molecule has 11 heteroatoms. The van der Waals surface area contributed by atoms with Crippen molar-refractivity contribution in [1.82, 2.24) is 4.98 Å². The highest BCUT2D eigenvalue weighted by atomic mass is 32.2. The Bertz CT molecular complexity index is 1550. The highest BCUT2D eigenvalue weighted by molar-refractivity contribution is 7.91. The van der Waals surface area contributed by atoms with Gasteiger partial charge in [0.25, 0.3) is 5.91 Å². The largest absolute Gasteiger partial charge is 0.476 e. The number of aliphatic hydroxyl groups excluding tert-OH is 2. The standard InChI is InChI=1S/C26H23N3O6S2/c1-2-37(33,34)21-8-6-17(7-9-21)24(35-20-5-3-4-16(10-20)13-27)25(32)29-26-28-22-11-18(14-30)19(15-31)12-23(22)36-26/h3-12,24,30-31H,2,14-15H2,1H3,(H,28,29,32). The first-order valence-electron chi connectivity index (χ1n) is 11.2. The minimum Gasteiger partial charge on any atom is -0.476 e. The number of aliphatic hydroxyl groups is 2. The highest BCUT2D eigenvalue weighted by Crippen LogP contribution is 2.31. The molecule has 190 valence electrons. The van der Waals surface area contributed by atoms with Crippen LogP contribution in [0.15, 0.2) is 65.6 Å². The van der Waals surface area contributed by atoms with Gasteiger partial charge in [0.05, 0.1) is 45.7 Å². The van der Waals surface area contributed by atoms with Gasteiger partial charge >= 0.3 is 0 Å². The molecular weight excluding hydrogens is 514 g/mol. The molecule has 0 saturated heterocycles. The molecule has 4 aromatic rings. The Morgan fingerprint density at radius 2 is 1.81 bits per heavy atom. The third kappa shape index (κ3) is 5.79. The predicted molar refractivity (Wildman–Crippen MR) is 139 cm³/mol. The normalized spacial score (nSPS) is 12.2. The van der Waals surface area contributed by atoms with E-state index in [4.69, 9.17) is 4.74 Å². The van der Waals surface area contributed by atoms with Crippen molar-refractivity contribution in [3.8, 4) is 11.8 Å². The fourth-order valence-corrected chi connectivity index (χ4v) is 5.44. The van der Waals surface area contributed by atoms with Crippen molar-refractivity contribution >= 4 is 42.4 Å². The molecular formula is C26H23N3O6S2. The number of hydrogen-bond acceptors (Lipinski definition) is 9. The van der Waals surface area contributed by atoms with Crippen LogP contribution < -0.4 is 10.1 Å². The third-order valence-electron chi connectivity index (χ3n) is 5.66. The van der Waals surface area contributed by atoms with Crippen LogP contribution >= 0.6 is 11.3 Å². The molecule has 0 bridgehead atoms. The molecule has 1 amide bonds. The summed E-state index contributed by atoms with van der Waals surface area (Å²) >= 11 is 1.19.